The van der Waals surface area contributed by atoms with Crippen molar-refractivity contribution in [1.29, 1.82) is 0 Å². The van der Waals surface area contributed by atoms with Gasteiger partial charge in [0, 0.05) is 5.56 Å². The maximum Gasteiger partial charge on any atom is 0.282 e. The van der Waals surface area contributed by atoms with Crippen molar-refractivity contribution in [3.8, 4) is 34.4 Å². The van der Waals surface area contributed by atoms with Crippen LogP contribution in [0.25, 0.3) is 28.7 Å². The van der Waals surface area contributed by atoms with Gasteiger partial charge in [0.05, 0.1) is 17.8 Å². The molecule has 0 aliphatic carbocycles. The quantitative estimate of drug-likeness (QED) is 0.573. The van der Waals surface area contributed by atoms with E-state index in [4.69, 9.17) is 26.6 Å². The van der Waals surface area contributed by atoms with Crippen LogP contribution in [0, 0.1) is 5.82 Å². The molecule has 136 valence electrons. The molecule has 0 aliphatic rings. The normalized spacial score (nSPS) is 10.9. The first-order chi connectivity index (χ1) is 13.1. The fourth-order valence-corrected chi connectivity index (χ4v) is 2.60. The smallest absolute Gasteiger partial charge is 0.282 e. The Morgan fingerprint density at radius 2 is 1.96 bits per heavy atom. The molecule has 0 spiro atoms. The van der Waals surface area contributed by atoms with E-state index in [2.05, 4.69) is 20.5 Å². The Morgan fingerprint density at radius 1 is 1.19 bits per heavy atom. The van der Waals surface area contributed by atoms with E-state index in [0.717, 1.165) is 5.56 Å². The summed E-state index contributed by atoms with van der Waals surface area (Å²) >= 11 is 5.81. The molecule has 8 nitrogen and oxygen atoms in total. The topological polar surface area (TPSA) is 105 Å². The van der Waals surface area contributed by atoms with Gasteiger partial charge in [0.15, 0.2) is 11.5 Å². The number of methoxy groups -OCH3 is 1. The Kier molecular flexibility index (Phi) is 4.21. The third-order valence-corrected chi connectivity index (χ3v) is 4.12. The molecule has 0 unspecified atom stereocenters. The van der Waals surface area contributed by atoms with Crippen LogP contribution >= 0.6 is 11.6 Å². The number of halogens is 2. The highest BCUT2D eigenvalue weighted by molar-refractivity contribution is 6.30. The van der Waals surface area contributed by atoms with Crippen LogP contribution in [0.5, 0.6) is 5.75 Å². The lowest BCUT2D eigenvalue weighted by Crippen LogP contribution is -2.02. The number of hydrogen-bond acceptors (Lipinski definition) is 7. The molecule has 0 saturated carbocycles. The minimum atomic E-state index is -0.541. The SMILES string of the molecule is COc1ccc(-c2noc(-c3nnn(-c4ccc(F)c(Cl)c4)c3N)n2)cc1. The number of nitrogens with zero attached hydrogens (tertiary/aromatic N) is 5. The minimum absolute atomic E-state index is 0.0523. The van der Waals surface area contributed by atoms with Gasteiger partial charge in [-0.1, -0.05) is 22.0 Å². The first-order valence-corrected chi connectivity index (χ1v) is 8.09. The summed E-state index contributed by atoms with van der Waals surface area (Å²) in [7, 11) is 1.59. The highest BCUT2D eigenvalue weighted by Crippen LogP contribution is 2.28. The van der Waals surface area contributed by atoms with E-state index in [-0.39, 0.29) is 22.4 Å². The predicted molar refractivity (Wildman–Crippen MR) is 96.0 cm³/mol. The van der Waals surface area contributed by atoms with Gasteiger partial charge < -0.3 is 15.0 Å². The van der Waals surface area contributed by atoms with Gasteiger partial charge in [-0.2, -0.15) is 9.67 Å². The largest absolute Gasteiger partial charge is 0.497 e. The summed E-state index contributed by atoms with van der Waals surface area (Å²) in [6.07, 6.45) is 0. The van der Waals surface area contributed by atoms with Crippen LogP contribution in [0.4, 0.5) is 10.2 Å². The molecule has 2 aromatic carbocycles. The van der Waals surface area contributed by atoms with E-state index in [1.54, 1.807) is 31.4 Å². The molecular weight excluding hydrogens is 375 g/mol. The van der Waals surface area contributed by atoms with Crippen LogP contribution in [-0.2, 0) is 0 Å². The van der Waals surface area contributed by atoms with Crippen LogP contribution in [0.1, 0.15) is 0 Å². The summed E-state index contributed by atoms with van der Waals surface area (Å²) in [6, 6.07) is 11.3. The van der Waals surface area contributed by atoms with E-state index in [9.17, 15) is 4.39 Å². The van der Waals surface area contributed by atoms with E-state index < -0.39 is 5.82 Å². The van der Waals surface area contributed by atoms with Crippen molar-refractivity contribution in [3.05, 3.63) is 53.3 Å². The third kappa shape index (κ3) is 3.08. The number of rotatable bonds is 4. The highest BCUT2D eigenvalue weighted by Gasteiger charge is 2.20. The van der Waals surface area contributed by atoms with Crippen molar-refractivity contribution in [1.82, 2.24) is 25.1 Å². The predicted octanol–water partition coefficient (Wildman–Crippen LogP) is 3.37. The summed E-state index contributed by atoms with van der Waals surface area (Å²) in [4.78, 5) is 4.31. The maximum atomic E-state index is 13.3. The Hall–Kier alpha value is -3.46. The van der Waals surface area contributed by atoms with Gasteiger partial charge >= 0.3 is 0 Å². The lowest BCUT2D eigenvalue weighted by Gasteiger charge is -2.03. The van der Waals surface area contributed by atoms with Crippen molar-refractivity contribution in [2.75, 3.05) is 12.8 Å². The Bertz CT molecular complexity index is 1110. The molecule has 2 aromatic heterocycles. The molecule has 10 heteroatoms. The van der Waals surface area contributed by atoms with Gasteiger partial charge in [0.25, 0.3) is 5.89 Å². The first-order valence-electron chi connectivity index (χ1n) is 7.72. The van der Waals surface area contributed by atoms with E-state index in [1.165, 1.54) is 22.9 Å². The third-order valence-electron chi connectivity index (χ3n) is 3.83. The molecule has 0 atom stereocenters. The molecule has 0 aliphatic heterocycles. The number of aromatic nitrogens is 5. The summed E-state index contributed by atoms with van der Waals surface area (Å²) in [6.45, 7) is 0. The zero-order chi connectivity index (χ0) is 19.0. The van der Waals surface area contributed by atoms with Gasteiger partial charge in [-0.15, -0.1) is 5.10 Å². The monoisotopic (exact) mass is 386 g/mol. The lowest BCUT2D eigenvalue weighted by molar-refractivity contribution is 0.414. The number of nitrogen functional groups attached to an aromatic ring is 1. The molecule has 0 fully saturated rings. The fraction of sp³-hybridized carbons (Fsp3) is 0.0588. The second-order valence-corrected chi connectivity index (χ2v) is 5.89. The Morgan fingerprint density at radius 3 is 2.67 bits per heavy atom. The number of nitrogens with two attached hydrogens (primary N) is 1. The maximum absolute atomic E-state index is 13.3. The Balaban J connectivity index is 1.67. The van der Waals surface area contributed by atoms with Crippen LogP contribution in [-0.4, -0.2) is 32.2 Å². The molecule has 0 saturated heterocycles. The summed E-state index contributed by atoms with van der Waals surface area (Å²) in [5, 5.41) is 11.8. The van der Waals surface area contributed by atoms with Gasteiger partial charge in [-0.3, -0.25) is 0 Å². The second-order valence-electron chi connectivity index (χ2n) is 5.49. The number of ether oxygens (including phenoxy) is 1. The molecule has 2 heterocycles. The van der Waals surface area contributed by atoms with E-state index >= 15 is 0 Å². The molecular formula is C17H12ClFN6O2. The summed E-state index contributed by atoms with van der Waals surface area (Å²) in [5.41, 5.74) is 7.50. The standard InChI is InChI=1S/C17H12ClFN6O2/c1-26-11-5-2-9(3-6-11)16-21-17(27-23-16)14-15(20)25(24-22-14)10-4-7-13(19)12(18)8-10/h2-8H,20H2,1H3. The number of hydrogen-bond donors (Lipinski definition) is 1. The number of benzene rings is 2. The van der Waals surface area contributed by atoms with Crippen molar-refractivity contribution in [2.24, 2.45) is 0 Å². The van der Waals surface area contributed by atoms with Gasteiger partial charge in [-0.05, 0) is 42.5 Å². The van der Waals surface area contributed by atoms with Crippen LogP contribution in [0.2, 0.25) is 5.02 Å². The van der Waals surface area contributed by atoms with Crippen LogP contribution in [0.15, 0.2) is 47.0 Å². The summed E-state index contributed by atoms with van der Waals surface area (Å²) < 4.78 is 25.0. The average molecular weight is 387 g/mol. The highest BCUT2D eigenvalue weighted by atomic mass is 35.5. The average Bonchev–Trinajstić information content (AvgIpc) is 3.31. The second kappa shape index (κ2) is 6.69. The van der Waals surface area contributed by atoms with Crippen molar-refractivity contribution < 1.29 is 13.7 Å². The molecule has 4 rings (SSSR count). The minimum Gasteiger partial charge on any atom is -0.497 e. The van der Waals surface area contributed by atoms with Crippen molar-refractivity contribution in [2.45, 2.75) is 0 Å². The Labute approximate surface area is 157 Å². The lowest BCUT2D eigenvalue weighted by atomic mass is 10.2. The zero-order valence-corrected chi connectivity index (χ0v) is 14.7. The number of anilines is 1. The van der Waals surface area contributed by atoms with E-state index in [1.807, 2.05) is 0 Å². The van der Waals surface area contributed by atoms with Gasteiger partial charge in [0.1, 0.15) is 11.6 Å². The van der Waals surface area contributed by atoms with Crippen LogP contribution < -0.4 is 10.5 Å². The van der Waals surface area contributed by atoms with E-state index in [0.29, 0.717) is 17.3 Å². The first kappa shape index (κ1) is 17.0. The van der Waals surface area contributed by atoms with Crippen molar-refractivity contribution >= 4 is 17.4 Å². The summed E-state index contributed by atoms with van der Waals surface area (Å²) in [5.74, 6) is 0.805. The molecule has 0 amide bonds. The fourth-order valence-electron chi connectivity index (χ4n) is 2.43. The molecule has 0 bridgehead atoms. The molecule has 2 N–H and O–H groups in total. The molecule has 4 aromatic rings. The van der Waals surface area contributed by atoms with Crippen molar-refractivity contribution in [3.63, 3.8) is 0 Å². The van der Waals surface area contributed by atoms with Gasteiger partial charge in [0.2, 0.25) is 5.82 Å². The molecule has 27 heavy (non-hydrogen) atoms. The van der Waals surface area contributed by atoms with Crippen LogP contribution in [0.3, 0.4) is 0 Å². The van der Waals surface area contributed by atoms with Gasteiger partial charge in [-0.25, -0.2) is 4.39 Å². The zero-order valence-electron chi connectivity index (χ0n) is 13.9. The molecule has 0 radical (unpaired) electrons.